The molecule has 2 N–H and O–H groups in total. The van der Waals surface area contributed by atoms with E-state index >= 15 is 8.78 Å². The van der Waals surface area contributed by atoms with Crippen molar-refractivity contribution in [2.45, 2.75) is 51.8 Å². The fourth-order valence-corrected chi connectivity index (χ4v) is 4.00. The summed E-state index contributed by atoms with van der Waals surface area (Å²) >= 11 is 10.7. The second-order valence-electron chi connectivity index (χ2n) is 7.69. The van der Waals surface area contributed by atoms with Crippen molar-refractivity contribution in [1.82, 2.24) is 15.3 Å². The number of hydrogen-bond acceptors (Lipinski definition) is 7. The van der Waals surface area contributed by atoms with Gasteiger partial charge >= 0.3 is 12.0 Å². The standard InChI is InChI=1S/C19H20BrClF2N4O3S/c1-9(26-17(28)30-18(2,3)4)19(22,23)16-13(20)14-15(29-16)10(7-11(21)27-14)25-8-12-24-5-6-31-12/h5-7,9H,8H2,1-4H3,(H,25,27)(H,26,28)/t9-/m0/s1. The third-order valence-corrected chi connectivity index (χ3v) is 5.76. The minimum Gasteiger partial charge on any atom is -0.449 e. The molecule has 0 aromatic carbocycles. The predicted octanol–water partition coefficient (Wildman–Crippen LogP) is 6.32. The molecule has 0 bridgehead atoms. The monoisotopic (exact) mass is 536 g/mol. The summed E-state index contributed by atoms with van der Waals surface area (Å²) in [5, 5.41) is 7.97. The number of pyridine rings is 1. The molecule has 3 aromatic heterocycles. The summed E-state index contributed by atoms with van der Waals surface area (Å²) < 4.78 is 40.9. The number of amides is 1. The molecule has 12 heteroatoms. The zero-order valence-corrected chi connectivity index (χ0v) is 20.2. The van der Waals surface area contributed by atoms with Crippen LogP contribution in [0.2, 0.25) is 5.15 Å². The molecule has 0 fully saturated rings. The Kier molecular flexibility index (Phi) is 6.78. The Morgan fingerprint density at radius 3 is 2.74 bits per heavy atom. The molecule has 3 heterocycles. The fraction of sp³-hybridized carbons (Fsp3) is 0.421. The second kappa shape index (κ2) is 8.87. The molecular formula is C19H20BrClF2N4O3S. The van der Waals surface area contributed by atoms with Gasteiger partial charge in [0.15, 0.2) is 11.3 Å². The number of nitrogens with one attached hydrogen (secondary N) is 2. The van der Waals surface area contributed by atoms with Gasteiger partial charge in [-0.25, -0.2) is 14.8 Å². The highest BCUT2D eigenvalue weighted by molar-refractivity contribution is 9.10. The van der Waals surface area contributed by atoms with Crippen molar-refractivity contribution in [3.05, 3.63) is 38.0 Å². The summed E-state index contributed by atoms with van der Waals surface area (Å²) in [7, 11) is 0. The number of thiazole rings is 1. The number of rotatable bonds is 6. The van der Waals surface area contributed by atoms with Crippen LogP contribution in [0.5, 0.6) is 0 Å². The van der Waals surface area contributed by atoms with E-state index in [0.717, 1.165) is 11.9 Å². The maximum atomic E-state index is 15.2. The van der Waals surface area contributed by atoms with Crippen LogP contribution in [-0.4, -0.2) is 27.7 Å². The van der Waals surface area contributed by atoms with E-state index in [4.69, 9.17) is 20.8 Å². The SMILES string of the molecule is C[C@H](NC(=O)OC(C)(C)C)C(F)(F)c1oc2c(NCc3nccs3)cc(Cl)nc2c1Br. The summed E-state index contributed by atoms with van der Waals surface area (Å²) in [6.07, 6.45) is 0.705. The van der Waals surface area contributed by atoms with E-state index in [-0.39, 0.29) is 20.7 Å². The summed E-state index contributed by atoms with van der Waals surface area (Å²) in [6.45, 7) is 6.43. The van der Waals surface area contributed by atoms with Crippen LogP contribution >= 0.6 is 38.9 Å². The lowest BCUT2D eigenvalue weighted by atomic mass is 10.1. The molecule has 0 aliphatic carbocycles. The number of ether oxygens (including phenoxy) is 1. The number of carbonyl (C=O) groups is 1. The van der Waals surface area contributed by atoms with E-state index in [1.165, 1.54) is 17.4 Å². The zero-order chi connectivity index (χ0) is 23.0. The van der Waals surface area contributed by atoms with Crippen molar-refractivity contribution < 1.29 is 22.7 Å². The fourth-order valence-electron chi connectivity index (χ4n) is 2.64. The Labute approximate surface area is 194 Å². The van der Waals surface area contributed by atoms with Gasteiger partial charge in [0.05, 0.1) is 16.7 Å². The highest BCUT2D eigenvalue weighted by atomic mass is 79.9. The number of alkyl carbamates (subject to hydrolysis) is 1. The van der Waals surface area contributed by atoms with Crippen LogP contribution in [0, 0.1) is 0 Å². The molecule has 31 heavy (non-hydrogen) atoms. The lowest BCUT2D eigenvalue weighted by Gasteiger charge is -2.25. The quantitative estimate of drug-likeness (QED) is 0.358. The Balaban J connectivity index is 1.91. The molecule has 0 aliphatic rings. The third-order valence-electron chi connectivity index (χ3n) is 4.05. The maximum Gasteiger partial charge on any atom is 0.408 e. The van der Waals surface area contributed by atoms with Crippen LogP contribution in [0.1, 0.15) is 38.5 Å². The second-order valence-corrected chi connectivity index (χ2v) is 9.85. The molecule has 3 aromatic rings. The third kappa shape index (κ3) is 5.45. The minimum atomic E-state index is -3.57. The van der Waals surface area contributed by atoms with Crippen molar-refractivity contribution >= 4 is 61.7 Å². The van der Waals surface area contributed by atoms with Crippen molar-refractivity contribution in [2.75, 3.05) is 5.32 Å². The average molecular weight is 538 g/mol. The molecule has 7 nitrogen and oxygen atoms in total. The van der Waals surface area contributed by atoms with E-state index in [0.29, 0.717) is 12.2 Å². The largest absolute Gasteiger partial charge is 0.449 e. The molecule has 1 amide bonds. The van der Waals surface area contributed by atoms with Crippen LogP contribution in [0.3, 0.4) is 0 Å². The highest BCUT2D eigenvalue weighted by Crippen LogP contribution is 2.44. The van der Waals surface area contributed by atoms with Gasteiger partial charge in [-0.15, -0.1) is 11.3 Å². The van der Waals surface area contributed by atoms with Crippen LogP contribution < -0.4 is 10.6 Å². The summed E-state index contributed by atoms with van der Waals surface area (Å²) in [6, 6.07) is -0.140. The van der Waals surface area contributed by atoms with Gasteiger partial charge in [0, 0.05) is 17.6 Å². The first-order chi connectivity index (χ1) is 14.4. The van der Waals surface area contributed by atoms with E-state index in [2.05, 4.69) is 36.5 Å². The molecule has 3 rings (SSSR count). The van der Waals surface area contributed by atoms with Gasteiger partial charge in [0.2, 0.25) is 0 Å². The minimum absolute atomic E-state index is 0.0508. The van der Waals surface area contributed by atoms with Gasteiger partial charge in [-0.1, -0.05) is 11.6 Å². The first-order valence-electron chi connectivity index (χ1n) is 9.17. The topological polar surface area (TPSA) is 89.3 Å². The Bertz CT molecular complexity index is 1090. The number of furan rings is 1. The van der Waals surface area contributed by atoms with Gasteiger partial charge in [-0.3, -0.25) is 0 Å². The summed E-state index contributed by atoms with van der Waals surface area (Å²) in [4.78, 5) is 20.2. The van der Waals surface area contributed by atoms with Crippen molar-refractivity contribution in [3.8, 4) is 0 Å². The average Bonchev–Trinajstić information content (AvgIpc) is 3.26. The van der Waals surface area contributed by atoms with Crippen molar-refractivity contribution in [2.24, 2.45) is 0 Å². The van der Waals surface area contributed by atoms with Gasteiger partial charge in [-0.05, 0) is 43.6 Å². The number of hydrogen-bond donors (Lipinski definition) is 2. The summed E-state index contributed by atoms with van der Waals surface area (Å²) in [5.41, 5.74) is -0.196. The molecule has 0 aliphatic heterocycles. The van der Waals surface area contributed by atoms with E-state index < -0.39 is 29.4 Å². The van der Waals surface area contributed by atoms with Gasteiger partial charge in [-0.2, -0.15) is 8.78 Å². The number of alkyl halides is 2. The maximum absolute atomic E-state index is 15.2. The summed E-state index contributed by atoms with van der Waals surface area (Å²) in [5.74, 6) is -4.26. The molecule has 168 valence electrons. The smallest absolute Gasteiger partial charge is 0.408 e. The van der Waals surface area contributed by atoms with E-state index in [9.17, 15) is 4.79 Å². The number of fused-ring (bicyclic) bond motifs is 1. The molecule has 0 unspecified atom stereocenters. The predicted molar refractivity (Wildman–Crippen MR) is 119 cm³/mol. The molecule has 0 saturated carbocycles. The zero-order valence-electron chi connectivity index (χ0n) is 17.1. The van der Waals surface area contributed by atoms with Crippen LogP contribution in [0.15, 0.2) is 26.5 Å². The molecule has 0 radical (unpaired) electrons. The van der Waals surface area contributed by atoms with Crippen LogP contribution in [0.25, 0.3) is 11.1 Å². The number of aromatic nitrogens is 2. The number of anilines is 1. The van der Waals surface area contributed by atoms with Gasteiger partial charge in [0.1, 0.15) is 27.3 Å². The van der Waals surface area contributed by atoms with Crippen LogP contribution in [-0.2, 0) is 17.2 Å². The molecule has 0 saturated heterocycles. The Hall–Kier alpha value is -1.98. The van der Waals surface area contributed by atoms with E-state index in [1.807, 2.05) is 5.38 Å². The lowest BCUT2D eigenvalue weighted by Crippen LogP contribution is -2.45. The van der Waals surface area contributed by atoms with E-state index in [1.54, 1.807) is 27.0 Å². The van der Waals surface area contributed by atoms with Crippen LogP contribution in [0.4, 0.5) is 19.3 Å². The highest BCUT2D eigenvalue weighted by Gasteiger charge is 2.46. The number of nitrogens with zero attached hydrogens (tertiary/aromatic N) is 2. The van der Waals surface area contributed by atoms with Crippen molar-refractivity contribution in [3.63, 3.8) is 0 Å². The molecule has 1 atom stereocenters. The van der Waals surface area contributed by atoms with Gasteiger partial charge in [0.25, 0.3) is 0 Å². The lowest BCUT2D eigenvalue weighted by molar-refractivity contribution is -0.0581. The Morgan fingerprint density at radius 1 is 1.42 bits per heavy atom. The normalized spacial score (nSPS) is 13.3. The van der Waals surface area contributed by atoms with Crippen molar-refractivity contribution in [1.29, 1.82) is 0 Å². The Morgan fingerprint density at radius 2 is 2.13 bits per heavy atom. The molecule has 0 spiro atoms. The number of carbonyl (C=O) groups excluding carboxylic acids is 1. The first-order valence-corrected chi connectivity index (χ1v) is 11.2. The molecular weight excluding hydrogens is 518 g/mol. The number of halogens is 4. The van der Waals surface area contributed by atoms with Gasteiger partial charge < -0.3 is 19.8 Å². The first kappa shape index (κ1) is 23.7.